The van der Waals surface area contributed by atoms with Gasteiger partial charge in [-0.1, -0.05) is 0 Å². The number of rotatable bonds is 1. The number of hydrogen-bond acceptors (Lipinski definition) is 4. The minimum Gasteiger partial charge on any atom is -0.371 e. The van der Waals surface area contributed by atoms with Gasteiger partial charge in [0.05, 0.1) is 29.6 Å². The second-order valence-electron chi connectivity index (χ2n) is 3.82. The van der Waals surface area contributed by atoms with Crippen LogP contribution in [-0.2, 0) is 6.54 Å². The predicted molar refractivity (Wildman–Crippen MR) is 59.3 cm³/mol. The first-order chi connectivity index (χ1) is 8.28. The van der Waals surface area contributed by atoms with Crippen molar-refractivity contribution in [2.24, 2.45) is 0 Å². The van der Waals surface area contributed by atoms with Crippen molar-refractivity contribution in [3.8, 4) is 6.07 Å². The highest BCUT2D eigenvalue weighted by Crippen LogP contribution is 2.17. The van der Waals surface area contributed by atoms with Crippen LogP contribution < -0.4 is 10.6 Å². The minimum atomic E-state index is -0.301. The van der Waals surface area contributed by atoms with Crippen molar-refractivity contribution in [3.05, 3.63) is 35.8 Å². The number of nitrogens with one attached hydrogen (secondary N) is 2. The van der Waals surface area contributed by atoms with Crippen LogP contribution in [0.25, 0.3) is 5.70 Å². The fraction of sp³-hybridized carbons (Fsp3) is 0.182. The first-order valence-corrected chi connectivity index (χ1v) is 5.19. The third kappa shape index (κ3) is 1.49. The van der Waals surface area contributed by atoms with Gasteiger partial charge in [-0.25, -0.2) is 4.68 Å². The van der Waals surface area contributed by atoms with Crippen LogP contribution in [-0.4, -0.2) is 21.7 Å². The van der Waals surface area contributed by atoms with E-state index in [1.165, 1.54) is 0 Å². The van der Waals surface area contributed by atoms with E-state index < -0.39 is 0 Å². The number of nitriles is 1. The summed E-state index contributed by atoms with van der Waals surface area (Å²) in [6.45, 7) is 0.479. The molecule has 84 valence electrons. The van der Waals surface area contributed by atoms with Gasteiger partial charge in [0.15, 0.2) is 0 Å². The zero-order valence-corrected chi connectivity index (χ0v) is 8.84. The monoisotopic (exact) mass is 227 g/mol. The molecule has 3 heterocycles. The first kappa shape index (κ1) is 9.66. The number of fused-ring (bicyclic) bond motifs is 1. The smallest absolute Gasteiger partial charge is 0.255 e. The van der Waals surface area contributed by atoms with Gasteiger partial charge in [-0.15, -0.1) is 0 Å². The third-order valence-corrected chi connectivity index (χ3v) is 2.73. The Balaban J connectivity index is 1.90. The van der Waals surface area contributed by atoms with Gasteiger partial charge in [0.1, 0.15) is 6.04 Å². The highest BCUT2D eigenvalue weighted by molar-refractivity contribution is 5.97. The zero-order chi connectivity index (χ0) is 11.8. The van der Waals surface area contributed by atoms with Crippen LogP contribution in [0.4, 0.5) is 0 Å². The molecule has 6 nitrogen and oxygen atoms in total. The maximum atomic E-state index is 11.4. The summed E-state index contributed by atoms with van der Waals surface area (Å²) in [5, 5.41) is 18.6. The van der Waals surface area contributed by atoms with Gasteiger partial charge in [-0.05, 0) is 12.2 Å². The molecular formula is C11H9N5O. The maximum Gasteiger partial charge on any atom is 0.255 e. The zero-order valence-electron chi connectivity index (χ0n) is 8.84. The van der Waals surface area contributed by atoms with Crippen LogP contribution in [0, 0.1) is 11.3 Å². The topological polar surface area (TPSA) is 82.7 Å². The Bertz CT molecular complexity index is 589. The second kappa shape index (κ2) is 3.49. The maximum absolute atomic E-state index is 11.4. The van der Waals surface area contributed by atoms with Gasteiger partial charge in [0.2, 0.25) is 0 Å². The standard InChI is InChI=1S/C11H9N5O/c12-3-7-1-2-8(4-13-7)16-6-9-10(15-16)5-14-11(9)17/h1-2,4,6-7,13H,5H2,(H,14,17). The normalized spacial score (nSPS) is 21.2. The lowest BCUT2D eigenvalue weighted by Crippen LogP contribution is -2.23. The molecule has 0 aromatic carbocycles. The Kier molecular flexibility index (Phi) is 1.98. The Morgan fingerprint density at radius 3 is 3.12 bits per heavy atom. The predicted octanol–water partition coefficient (Wildman–Crippen LogP) is -0.0235. The Morgan fingerprint density at radius 1 is 1.59 bits per heavy atom. The molecule has 2 N–H and O–H groups in total. The van der Waals surface area contributed by atoms with E-state index in [0.29, 0.717) is 12.1 Å². The molecule has 2 aliphatic rings. The summed E-state index contributed by atoms with van der Waals surface area (Å²) in [6, 6.07) is 1.78. The molecule has 2 aliphatic heterocycles. The first-order valence-electron chi connectivity index (χ1n) is 5.19. The number of amides is 1. The molecule has 1 amide bonds. The molecule has 0 radical (unpaired) electrons. The average molecular weight is 227 g/mol. The van der Waals surface area contributed by atoms with E-state index in [4.69, 9.17) is 5.26 Å². The summed E-state index contributed by atoms with van der Waals surface area (Å²) >= 11 is 0. The van der Waals surface area contributed by atoms with Gasteiger partial charge in [0.25, 0.3) is 5.91 Å². The molecule has 0 saturated carbocycles. The number of aromatic nitrogens is 2. The molecule has 1 unspecified atom stereocenters. The van der Waals surface area contributed by atoms with Crippen LogP contribution in [0.2, 0.25) is 0 Å². The Hall–Kier alpha value is -2.55. The number of dihydropyridines is 1. The van der Waals surface area contributed by atoms with E-state index in [9.17, 15) is 4.79 Å². The molecule has 0 fully saturated rings. The Morgan fingerprint density at radius 2 is 2.47 bits per heavy atom. The van der Waals surface area contributed by atoms with E-state index in [1.807, 2.05) is 6.08 Å². The van der Waals surface area contributed by atoms with E-state index in [2.05, 4.69) is 21.8 Å². The van der Waals surface area contributed by atoms with Crippen molar-refractivity contribution in [1.29, 1.82) is 5.26 Å². The van der Waals surface area contributed by atoms with Gasteiger partial charge >= 0.3 is 0 Å². The van der Waals surface area contributed by atoms with E-state index in [0.717, 1.165) is 11.4 Å². The van der Waals surface area contributed by atoms with Crippen molar-refractivity contribution < 1.29 is 4.79 Å². The van der Waals surface area contributed by atoms with Gasteiger partial charge in [-0.2, -0.15) is 10.4 Å². The van der Waals surface area contributed by atoms with Crippen molar-refractivity contribution in [1.82, 2.24) is 20.4 Å². The van der Waals surface area contributed by atoms with Crippen molar-refractivity contribution in [2.75, 3.05) is 0 Å². The fourth-order valence-electron chi connectivity index (χ4n) is 1.82. The lowest BCUT2D eigenvalue weighted by molar-refractivity contribution is 0.0965. The van der Waals surface area contributed by atoms with Crippen molar-refractivity contribution in [3.63, 3.8) is 0 Å². The largest absolute Gasteiger partial charge is 0.371 e. The van der Waals surface area contributed by atoms with Gasteiger partial charge < -0.3 is 10.6 Å². The lowest BCUT2D eigenvalue weighted by Gasteiger charge is -2.12. The van der Waals surface area contributed by atoms with Gasteiger partial charge in [-0.3, -0.25) is 4.79 Å². The summed E-state index contributed by atoms with van der Waals surface area (Å²) in [5.41, 5.74) is 2.17. The van der Waals surface area contributed by atoms with Gasteiger partial charge in [0, 0.05) is 12.4 Å². The number of carbonyl (C=O) groups excluding carboxylic acids is 1. The second-order valence-corrected chi connectivity index (χ2v) is 3.82. The highest BCUT2D eigenvalue weighted by atomic mass is 16.2. The summed E-state index contributed by atoms with van der Waals surface area (Å²) in [6.07, 6.45) is 6.98. The SMILES string of the molecule is N#CC1C=CC(n2cc3c(n2)CNC3=O)=CN1. The quantitative estimate of drug-likeness (QED) is 0.706. The van der Waals surface area contributed by atoms with Crippen LogP contribution in [0.3, 0.4) is 0 Å². The number of allylic oxidation sites excluding steroid dienone is 2. The molecule has 1 atom stereocenters. The summed E-state index contributed by atoms with van der Waals surface area (Å²) in [7, 11) is 0. The van der Waals surface area contributed by atoms with Crippen molar-refractivity contribution in [2.45, 2.75) is 12.6 Å². The molecular weight excluding hydrogens is 218 g/mol. The Labute approximate surface area is 97.2 Å². The highest BCUT2D eigenvalue weighted by Gasteiger charge is 2.23. The third-order valence-electron chi connectivity index (χ3n) is 2.73. The van der Waals surface area contributed by atoms with E-state index >= 15 is 0 Å². The molecule has 0 bridgehead atoms. The van der Waals surface area contributed by atoms with Crippen LogP contribution in [0.15, 0.2) is 24.5 Å². The van der Waals surface area contributed by atoms with E-state index in [-0.39, 0.29) is 11.9 Å². The summed E-state index contributed by atoms with van der Waals surface area (Å²) in [5.74, 6) is -0.0884. The molecule has 0 spiro atoms. The molecule has 1 aromatic rings. The molecule has 0 saturated heterocycles. The average Bonchev–Trinajstić information content (AvgIpc) is 2.92. The van der Waals surface area contributed by atoms with E-state index in [1.54, 1.807) is 23.2 Å². The molecule has 3 rings (SSSR count). The number of carbonyl (C=O) groups is 1. The fourth-order valence-corrected chi connectivity index (χ4v) is 1.82. The number of nitrogens with zero attached hydrogens (tertiary/aromatic N) is 3. The molecule has 1 aromatic heterocycles. The van der Waals surface area contributed by atoms with Crippen LogP contribution in [0.5, 0.6) is 0 Å². The molecule has 0 aliphatic carbocycles. The lowest BCUT2D eigenvalue weighted by atomic mass is 10.2. The van der Waals surface area contributed by atoms with Crippen molar-refractivity contribution >= 4 is 11.6 Å². The molecule has 6 heteroatoms. The summed E-state index contributed by atoms with van der Waals surface area (Å²) < 4.78 is 1.64. The number of hydrogen-bond donors (Lipinski definition) is 2. The minimum absolute atomic E-state index is 0.0884. The van der Waals surface area contributed by atoms with Crippen LogP contribution in [0.1, 0.15) is 16.1 Å². The van der Waals surface area contributed by atoms with Crippen LogP contribution >= 0.6 is 0 Å². The summed E-state index contributed by atoms with van der Waals surface area (Å²) in [4.78, 5) is 11.4. The molecule has 17 heavy (non-hydrogen) atoms.